The SMILES string of the molecule is O=C(O)C1CCN(S(=O)(=O)c2ccccn2)CC1. The van der Waals surface area contributed by atoms with E-state index in [9.17, 15) is 13.2 Å². The average molecular weight is 270 g/mol. The molecule has 1 aromatic rings. The maximum atomic E-state index is 12.2. The summed E-state index contributed by atoms with van der Waals surface area (Å²) in [5.74, 6) is -1.30. The summed E-state index contributed by atoms with van der Waals surface area (Å²) in [4.78, 5) is 14.6. The molecule has 0 amide bonds. The van der Waals surface area contributed by atoms with Crippen LogP contribution in [0.2, 0.25) is 0 Å². The fourth-order valence-corrected chi connectivity index (χ4v) is 3.38. The highest BCUT2D eigenvalue weighted by atomic mass is 32.2. The van der Waals surface area contributed by atoms with Crippen molar-refractivity contribution in [2.24, 2.45) is 5.92 Å². The zero-order valence-corrected chi connectivity index (χ0v) is 10.5. The van der Waals surface area contributed by atoms with Crippen molar-refractivity contribution < 1.29 is 18.3 Å². The standard InChI is InChI=1S/C11H14N2O4S/c14-11(15)9-4-7-13(8-5-9)18(16,17)10-3-1-2-6-12-10/h1-3,6,9H,4-5,7-8H2,(H,14,15). The first-order valence-electron chi connectivity index (χ1n) is 5.66. The molecule has 0 atom stereocenters. The number of carboxylic acids is 1. The van der Waals surface area contributed by atoms with Crippen molar-refractivity contribution in [2.45, 2.75) is 17.9 Å². The van der Waals surface area contributed by atoms with E-state index < -0.39 is 21.9 Å². The van der Waals surface area contributed by atoms with Crippen LogP contribution >= 0.6 is 0 Å². The lowest BCUT2D eigenvalue weighted by molar-refractivity contribution is -0.142. The van der Waals surface area contributed by atoms with Crippen molar-refractivity contribution >= 4 is 16.0 Å². The number of pyridine rings is 1. The quantitative estimate of drug-likeness (QED) is 0.867. The molecule has 0 spiro atoms. The molecule has 2 rings (SSSR count). The minimum absolute atomic E-state index is 0.0128. The number of sulfonamides is 1. The first-order chi connectivity index (χ1) is 8.51. The van der Waals surface area contributed by atoms with Gasteiger partial charge in [0.05, 0.1) is 5.92 Å². The third kappa shape index (κ3) is 2.51. The van der Waals surface area contributed by atoms with Gasteiger partial charge in [0.25, 0.3) is 10.0 Å². The van der Waals surface area contributed by atoms with E-state index in [1.54, 1.807) is 12.1 Å². The minimum Gasteiger partial charge on any atom is -0.481 e. The van der Waals surface area contributed by atoms with E-state index in [2.05, 4.69) is 4.98 Å². The maximum Gasteiger partial charge on any atom is 0.306 e. The molecule has 0 aromatic carbocycles. The number of hydrogen-bond donors (Lipinski definition) is 1. The molecular formula is C11H14N2O4S. The molecule has 98 valence electrons. The van der Waals surface area contributed by atoms with E-state index in [4.69, 9.17) is 5.11 Å². The molecule has 2 heterocycles. The Bertz CT molecular complexity index is 521. The van der Waals surface area contributed by atoms with E-state index >= 15 is 0 Å². The number of hydrogen-bond acceptors (Lipinski definition) is 4. The van der Waals surface area contributed by atoms with E-state index in [1.165, 1.54) is 16.6 Å². The molecule has 0 bridgehead atoms. The Morgan fingerprint density at radius 1 is 1.33 bits per heavy atom. The Morgan fingerprint density at radius 3 is 2.50 bits per heavy atom. The number of aromatic nitrogens is 1. The first kappa shape index (κ1) is 13.0. The molecule has 7 heteroatoms. The molecule has 0 radical (unpaired) electrons. The van der Waals surface area contributed by atoms with E-state index in [-0.39, 0.29) is 18.1 Å². The van der Waals surface area contributed by atoms with Crippen LogP contribution in [-0.4, -0.2) is 41.9 Å². The van der Waals surface area contributed by atoms with Crippen molar-refractivity contribution in [2.75, 3.05) is 13.1 Å². The molecule has 1 fully saturated rings. The number of carboxylic acid groups (broad SMARTS) is 1. The lowest BCUT2D eigenvalue weighted by Gasteiger charge is -2.28. The molecule has 1 aromatic heterocycles. The van der Waals surface area contributed by atoms with Crippen LogP contribution in [0.15, 0.2) is 29.4 Å². The van der Waals surface area contributed by atoms with Crippen LogP contribution in [0.25, 0.3) is 0 Å². The van der Waals surface area contributed by atoms with Crippen molar-refractivity contribution in [3.8, 4) is 0 Å². The van der Waals surface area contributed by atoms with Gasteiger partial charge in [-0.2, -0.15) is 4.31 Å². The third-order valence-electron chi connectivity index (χ3n) is 3.05. The second-order valence-electron chi connectivity index (χ2n) is 4.18. The fourth-order valence-electron chi connectivity index (χ4n) is 1.98. The summed E-state index contributed by atoms with van der Waals surface area (Å²) < 4.78 is 25.7. The Labute approximate surface area is 105 Å². The van der Waals surface area contributed by atoms with Gasteiger partial charge in [-0.3, -0.25) is 4.79 Å². The zero-order chi connectivity index (χ0) is 13.2. The summed E-state index contributed by atoms with van der Waals surface area (Å²) in [6, 6.07) is 4.71. The highest BCUT2D eigenvalue weighted by Gasteiger charge is 2.32. The third-order valence-corrected chi connectivity index (χ3v) is 4.86. The Balaban J connectivity index is 2.12. The molecule has 1 saturated heterocycles. The normalized spacial score (nSPS) is 18.7. The number of carbonyl (C=O) groups is 1. The van der Waals surface area contributed by atoms with Gasteiger partial charge in [-0.05, 0) is 25.0 Å². The topological polar surface area (TPSA) is 87.6 Å². The first-order valence-corrected chi connectivity index (χ1v) is 7.10. The van der Waals surface area contributed by atoms with Gasteiger partial charge in [0, 0.05) is 19.3 Å². The molecule has 0 unspecified atom stereocenters. The molecular weight excluding hydrogens is 256 g/mol. The number of nitrogens with zero attached hydrogens (tertiary/aromatic N) is 2. The van der Waals surface area contributed by atoms with Gasteiger partial charge < -0.3 is 5.11 Å². The molecule has 6 nitrogen and oxygen atoms in total. The van der Waals surface area contributed by atoms with Gasteiger partial charge in [0.1, 0.15) is 0 Å². The van der Waals surface area contributed by atoms with Crippen LogP contribution in [0.5, 0.6) is 0 Å². The van der Waals surface area contributed by atoms with Gasteiger partial charge in [-0.15, -0.1) is 0 Å². The molecule has 1 aliphatic heterocycles. The van der Waals surface area contributed by atoms with Crippen LogP contribution in [-0.2, 0) is 14.8 Å². The van der Waals surface area contributed by atoms with Crippen molar-refractivity contribution in [1.29, 1.82) is 0 Å². The number of aliphatic carboxylic acids is 1. The summed E-state index contributed by atoms with van der Waals surface area (Å²) in [7, 11) is -3.58. The lowest BCUT2D eigenvalue weighted by Crippen LogP contribution is -2.40. The average Bonchev–Trinajstić information content (AvgIpc) is 2.40. The second kappa shape index (κ2) is 5.03. The second-order valence-corrected chi connectivity index (χ2v) is 6.07. The molecule has 18 heavy (non-hydrogen) atoms. The van der Waals surface area contributed by atoms with Crippen LogP contribution in [0.4, 0.5) is 0 Å². The largest absolute Gasteiger partial charge is 0.481 e. The Morgan fingerprint density at radius 2 is 2.00 bits per heavy atom. The van der Waals surface area contributed by atoms with Gasteiger partial charge in [-0.25, -0.2) is 13.4 Å². The van der Waals surface area contributed by atoms with Gasteiger partial charge >= 0.3 is 5.97 Å². The van der Waals surface area contributed by atoms with Crippen LogP contribution in [0.3, 0.4) is 0 Å². The van der Waals surface area contributed by atoms with Crippen molar-refractivity contribution in [3.05, 3.63) is 24.4 Å². The monoisotopic (exact) mass is 270 g/mol. The summed E-state index contributed by atoms with van der Waals surface area (Å²) in [5, 5.41) is 8.88. The van der Waals surface area contributed by atoms with Crippen LogP contribution in [0, 0.1) is 5.92 Å². The number of piperidine rings is 1. The van der Waals surface area contributed by atoms with E-state index in [1.807, 2.05) is 0 Å². The van der Waals surface area contributed by atoms with Gasteiger partial charge in [0.2, 0.25) is 0 Å². The minimum atomic E-state index is -3.58. The molecule has 1 N–H and O–H groups in total. The Kier molecular flexibility index (Phi) is 3.63. The predicted octanol–water partition coefficient (Wildman–Crippen LogP) is 0.567. The van der Waals surface area contributed by atoms with Gasteiger partial charge in [0.15, 0.2) is 5.03 Å². The number of rotatable bonds is 3. The van der Waals surface area contributed by atoms with Crippen LogP contribution < -0.4 is 0 Å². The van der Waals surface area contributed by atoms with Crippen LogP contribution in [0.1, 0.15) is 12.8 Å². The van der Waals surface area contributed by atoms with Crippen molar-refractivity contribution in [3.63, 3.8) is 0 Å². The van der Waals surface area contributed by atoms with E-state index in [0.29, 0.717) is 12.8 Å². The fraction of sp³-hybridized carbons (Fsp3) is 0.455. The van der Waals surface area contributed by atoms with Gasteiger partial charge in [-0.1, -0.05) is 6.07 Å². The highest BCUT2D eigenvalue weighted by molar-refractivity contribution is 7.89. The summed E-state index contributed by atoms with van der Waals surface area (Å²) in [6.07, 6.45) is 2.12. The predicted molar refractivity (Wildman–Crippen MR) is 63.4 cm³/mol. The Hall–Kier alpha value is -1.47. The summed E-state index contributed by atoms with van der Waals surface area (Å²) >= 11 is 0. The molecule has 0 aliphatic carbocycles. The molecule has 1 aliphatic rings. The zero-order valence-electron chi connectivity index (χ0n) is 9.69. The molecule has 0 saturated carbocycles. The van der Waals surface area contributed by atoms with E-state index in [0.717, 1.165) is 0 Å². The summed E-state index contributed by atoms with van der Waals surface area (Å²) in [5.41, 5.74) is 0. The summed E-state index contributed by atoms with van der Waals surface area (Å²) in [6.45, 7) is 0.464. The highest BCUT2D eigenvalue weighted by Crippen LogP contribution is 2.22. The lowest BCUT2D eigenvalue weighted by atomic mass is 9.99. The van der Waals surface area contributed by atoms with Crippen molar-refractivity contribution in [1.82, 2.24) is 9.29 Å². The maximum absolute atomic E-state index is 12.2. The smallest absolute Gasteiger partial charge is 0.306 e.